The first-order chi connectivity index (χ1) is 5.34. The quantitative estimate of drug-likeness (QED) is 0.525. The molecule has 1 unspecified atom stereocenters. The number of hydrogen-bond acceptors (Lipinski definition) is 1. The topological polar surface area (TPSA) is 17.1 Å². The summed E-state index contributed by atoms with van der Waals surface area (Å²) in [4.78, 5) is 0. The van der Waals surface area contributed by atoms with Crippen molar-refractivity contribution in [1.82, 2.24) is 0 Å². The molecule has 0 saturated carbocycles. The van der Waals surface area contributed by atoms with Crippen molar-refractivity contribution in [3.63, 3.8) is 0 Å². The van der Waals surface area contributed by atoms with Gasteiger partial charge in [-0.15, -0.1) is 11.6 Å². The fourth-order valence-corrected chi connectivity index (χ4v) is 2.18. The Balaban J connectivity index is 2.69. The third kappa shape index (κ3) is 2.61. The van der Waals surface area contributed by atoms with E-state index < -0.39 is 7.80 Å². The molecule has 0 fully saturated rings. The Morgan fingerprint density at radius 2 is 1.91 bits per heavy atom. The molecule has 0 N–H and O–H groups in total. The molecule has 0 bridgehead atoms. The molecular formula is C8H9ClOP+. The van der Waals surface area contributed by atoms with E-state index in [9.17, 15) is 4.57 Å². The summed E-state index contributed by atoms with van der Waals surface area (Å²) in [5.74, 6) is 0.462. The minimum Gasteiger partial charge on any atom is -0.122 e. The van der Waals surface area contributed by atoms with Crippen LogP contribution in [0.25, 0.3) is 0 Å². The minimum atomic E-state index is -1.26. The van der Waals surface area contributed by atoms with Gasteiger partial charge in [0.25, 0.3) is 0 Å². The number of rotatable bonds is 3. The van der Waals surface area contributed by atoms with E-state index in [1.165, 1.54) is 0 Å². The van der Waals surface area contributed by atoms with Crippen molar-refractivity contribution in [2.75, 3.05) is 12.0 Å². The van der Waals surface area contributed by atoms with E-state index in [0.29, 0.717) is 12.0 Å². The highest BCUT2D eigenvalue weighted by Crippen LogP contribution is 2.18. The summed E-state index contributed by atoms with van der Waals surface area (Å²) >= 11 is 5.46. The van der Waals surface area contributed by atoms with Crippen LogP contribution in [0, 0.1) is 0 Å². The Bertz CT molecular complexity index is 235. The maximum Gasteiger partial charge on any atom is 0.378 e. The van der Waals surface area contributed by atoms with Gasteiger partial charge in [-0.1, -0.05) is 22.8 Å². The summed E-state index contributed by atoms with van der Waals surface area (Å²) in [6.45, 7) is 0. The molecule has 0 amide bonds. The standard InChI is InChI=1S/C8H9ClOP/c9-6-7-11(10)8-4-2-1-3-5-8/h1-5H,6-7H2/q+1. The second-order valence-corrected chi connectivity index (χ2v) is 4.23. The van der Waals surface area contributed by atoms with Gasteiger partial charge < -0.3 is 0 Å². The second-order valence-electron chi connectivity index (χ2n) is 2.13. The Labute approximate surface area is 72.2 Å². The first-order valence-corrected chi connectivity index (χ1v) is 5.38. The van der Waals surface area contributed by atoms with Gasteiger partial charge in [-0.25, -0.2) is 0 Å². The highest BCUT2D eigenvalue weighted by atomic mass is 35.5. The third-order valence-electron chi connectivity index (χ3n) is 1.33. The fourth-order valence-electron chi connectivity index (χ4n) is 0.800. The van der Waals surface area contributed by atoms with Crippen LogP contribution in [-0.4, -0.2) is 12.0 Å². The second kappa shape index (κ2) is 4.48. The van der Waals surface area contributed by atoms with Crippen molar-refractivity contribution >= 4 is 24.7 Å². The molecule has 1 nitrogen and oxygen atoms in total. The van der Waals surface area contributed by atoms with Crippen LogP contribution in [0.4, 0.5) is 0 Å². The highest BCUT2D eigenvalue weighted by Gasteiger charge is 2.16. The maximum absolute atomic E-state index is 11.3. The summed E-state index contributed by atoms with van der Waals surface area (Å²) < 4.78 is 11.3. The van der Waals surface area contributed by atoms with E-state index >= 15 is 0 Å². The number of hydrogen-bond donors (Lipinski definition) is 0. The van der Waals surface area contributed by atoms with Gasteiger partial charge in [0, 0.05) is 0 Å². The summed E-state index contributed by atoms with van der Waals surface area (Å²) in [7, 11) is -1.26. The molecule has 58 valence electrons. The zero-order valence-corrected chi connectivity index (χ0v) is 7.68. The molecule has 0 heterocycles. The largest absolute Gasteiger partial charge is 0.378 e. The lowest BCUT2D eigenvalue weighted by Crippen LogP contribution is -1.96. The van der Waals surface area contributed by atoms with Crippen LogP contribution in [-0.2, 0) is 4.57 Å². The first-order valence-electron chi connectivity index (χ1n) is 3.40. The van der Waals surface area contributed by atoms with Crippen molar-refractivity contribution in [2.24, 2.45) is 0 Å². The van der Waals surface area contributed by atoms with Crippen molar-refractivity contribution in [2.45, 2.75) is 0 Å². The summed E-state index contributed by atoms with van der Waals surface area (Å²) in [6, 6.07) is 9.41. The molecule has 0 aromatic heterocycles. The molecule has 0 radical (unpaired) electrons. The zero-order chi connectivity index (χ0) is 8.10. The van der Waals surface area contributed by atoms with Crippen LogP contribution in [0.15, 0.2) is 30.3 Å². The predicted molar refractivity (Wildman–Crippen MR) is 49.3 cm³/mol. The molecule has 1 aromatic carbocycles. The summed E-state index contributed by atoms with van der Waals surface area (Å²) in [5, 5.41) is 0.892. The van der Waals surface area contributed by atoms with Crippen LogP contribution in [0.5, 0.6) is 0 Å². The normalized spacial score (nSPS) is 11.2. The van der Waals surface area contributed by atoms with Gasteiger partial charge in [0.1, 0.15) is 0 Å². The molecule has 0 aliphatic rings. The monoisotopic (exact) mass is 187 g/mol. The van der Waals surface area contributed by atoms with Crippen LogP contribution in [0.3, 0.4) is 0 Å². The van der Waals surface area contributed by atoms with E-state index in [4.69, 9.17) is 11.6 Å². The van der Waals surface area contributed by atoms with E-state index in [1.54, 1.807) is 0 Å². The molecule has 1 rings (SSSR count). The summed E-state index contributed by atoms with van der Waals surface area (Å²) in [6.07, 6.45) is 0.570. The van der Waals surface area contributed by atoms with Crippen LogP contribution >= 0.6 is 19.4 Å². The van der Waals surface area contributed by atoms with E-state index in [0.717, 1.165) is 5.30 Å². The molecule has 0 saturated heterocycles. The van der Waals surface area contributed by atoms with Gasteiger partial charge in [-0.3, -0.25) is 0 Å². The highest BCUT2D eigenvalue weighted by molar-refractivity contribution is 7.53. The Hall–Kier alpha value is -0.390. The van der Waals surface area contributed by atoms with E-state index in [2.05, 4.69) is 0 Å². The van der Waals surface area contributed by atoms with Crippen molar-refractivity contribution < 1.29 is 4.57 Å². The van der Waals surface area contributed by atoms with Gasteiger partial charge in [0.05, 0.1) is 5.88 Å². The lowest BCUT2D eigenvalue weighted by Gasteiger charge is -1.83. The van der Waals surface area contributed by atoms with E-state index in [-0.39, 0.29) is 0 Å². The van der Waals surface area contributed by atoms with Crippen LogP contribution in [0.1, 0.15) is 0 Å². The van der Waals surface area contributed by atoms with Gasteiger partial charge in [-0.2, -0.15) is 0 Å². The molecule has 3 heteroatoms. The van der Waals surface area contributed by atoms with Crippen molar-refractivity contribution in [3.05, 3.63) is 30.3 Å². The third-order valence-corrected chi connectivity index (χ3v) is 3.29. The number of benzene rings is 1. The van der Waals surface area contributed by atoms with Gasteiger partial charge in [0.2, 0.25) is 0 Å². The summed E-state index contributed by atoms with van der Waals surface area (Å²) in [5.41, 5.74) is 0. The fraction of sp³-hybridized carbons (Fsp3) is 0.250. The molecule has 1 atom stereocenters. The van der Waals surface area contributed by atoms with Crippen molar-refractivity contribution in [1.29, 1.82) is 0 Å². The predicted octanol–water partition coefficient (Wildman–Crippen LogP) is 2.38. The number of halogens is 1. The minimum absolute atomic E-state index is 0.462. The lowest BCUT2D eigenvalue weighted by molar-refractivity contribution is 0.594. The molecule has 0 spiro atoms. The first kappa shape index (κ1) is 8.70. The average molecular weight is 188 g/mol. The van der Waals surface area contributed by atoms with Gasteiger partial charge in [-0.05, 0) is 12.1 Å². The molecule has 11 heavy (non-hydrogen) atoms. The maximum atomic E-state index is 11.3. The molecule has 1 aromatic rings. The number of alkyl halides is 1. The van der Waals surface area contributed by atoms with Crippen LogP contribution in [0.2, 0.25) is 0 Å². The lowest BCUT2D eigenvalue weighted by atomic mass is 10.4. The van der Waals surface area contributed by atoms with Crippen LogP contribution < -0.4 is 5.30 Å². The molecular weight excluding hydrogens is 179 g/mol. The van der Waals surface area contributed by atoms with E-state index in [1.807, 2.05) is 30.3 Å². The molecule has 0 aliphatic carbocycles. The van der Waals surface area contributed by atoms with Gasteiger partial charge in [0.15, 0.2) is 11.5 Å². The Morgan fingerprint density at radius 3 is 2.45 bits per heavy atom. The zero-order valence-electron chi connectivity index (χ0n) is 6.03. The Kier molecular flexibility index (Phi) is 3.55. The average Bonchev–Trinajstić information content (AvgIpc) is 2.07. The van der Waals surface area contributed by atoms with Gasteiger partial charge >= 0.3 is 7.80 Å². The van der Waals surface area contributed by atoms with Crippen molar-refractivity contribution in [3.8, 4) is 0 Å². The smallest absolute Gasteiger partial charge is 0.122 e. The Morgan fingerprint density at radius 1 is 1.27 bits per heavy atom. The molecule has 0 aliphatic heterocycles. The SMILES string of the molecule is O=[P+](CCCl)c1ccccc1.